The number of rotatable bonds is 5. The molecular formula is C25H19NO4. The number of cyclic esters (lactones) is 1. The Morgan fingerprint density at radius 2 is 1.63 bits per heavy atom. The smallest absolute Gasteiger partial charge is 0.363 e. The molecule has 0 saturated heterocycles. The molecule has 1 heterocycles. The van der Waals surface area contributed by atoms with Gasteiger partial charge in [-0.1, -0.05) is 61.5 Å². The molecule has 0 N–H and O–H groups in total. The molecule has 1 aliphatic heterocycles. The Bertz CT molecular complexity index is 1150. The van der Waals surface area contributed by atoms with Crippen LogP contribution < -0.4 is 4.74 Å². The van der Waals surface area contributed by atoms with Crippen LogP contribution in [0.5, 0.6) is 5.75 Å². The molecule has 0 aromatic heterocycles. The van der Waals surface area contributed by atoms with Crippen molar-refractivity contribution in [1.82, 2.24) is 0 Å². The molecule has 1 aliphatic rings. The lowest BCUT2D eigenvalue weighted by Gasteiger charge is -2.03. The molecule has 0 spiro atoms. The molecule has 0 radical (unpaired) electrons. The van der Waals surface area contributed by atoms with Crippen LogP contribution in [0, 0.1) is 0 Å². The van der Waals surface area contributed by atoms with Crippen molar-refractivity contribution in [3.05, 3.63) is 95.7 Å². The molecule has 0 saturated carbocycles. The van der Waals surface area contributed by atoms with Crippen molar-refractivity contribution in [2.24, 2.45) is 4.99 Å². The minimum Gasteiger partial charge on any atom is -0.427 e. The van der Waals surface area contributed by atoms with Crippen LogP contribution in [0.4, 0.5) is 0 Å². The van der Waals surface area contributed by atoms with Crippen LogP contribution in [0.1, 0.15) is 24.5 Å². The van der Waals surface area contributed by atoms with E-state index >= 15 is 0 Å². The van der Waals surface area contributed by atoms with Crippen molar-refractivity contribution in [3.63, 3.8) is 0 Å². The summed E-state index contributed by atoms with van der Waals surface area (Å²) >= 11 is 0. The highest BCUT2D eigenvalue weighted by atomic mass is 16.6. The number of nitrogens with zero attached hydrogens (tertiary/aromatic N) is 1. The normalized spacial score (nSPS) is 14.4. The summed E-state index contributed by atoms with van der Waals surface area (Å²) in [6, 6.07) is 24.6. The highest BCUT2D eigenvalue weighted by molar-refractivity contribution is 6.13. The van der Waals surface area contributed by atoms with E-state index in [1.807, 2.05) is 54.6 Å². The van der Waals surface area contributed by atoms with E-state index in [9.17, 15) is 9.59 Å². The number of aliphatic imine (C=N–C) groups is 1. The molecule has 0 unspecified atom stereocenters. The highest BCUT2D eigenvalue weighted by Crippen LogP contribution is 2.24. The third-order valence-electron chi connectivity index (χ3n) is 4.54. The maximum absolute atomic E-state index is 12.3. The van der Waals surface area contributed by atoms with Crippen LogP contribution in [-0.4, -0.2) is 17.8 Å². The van der Waals surface area contributed by atoms with Gasteiger partial charge in [0.25, 0.3) is 0 Å². The first-order valence-corrected chi connectivity index (χ1v) is 9.61. The van der Waals surface area contributed by atoms with Crippen molar-refractivity contribution < 1.29 is 19.1 Å². The molecule has 0 aliphatic carbocycles. The summed E-state index contributed by atoms with van der Waals surface area (Å²) in [6.45, 7) is 1.73. The molecule has 0 atom stereocenters. The van der Waals surface area contributed by atoms with E-state index in [1.54, 1.807) is 37.3 Å². The predicted molar refractivity (Wildman–Crippen MR) is 115 cm³/mol. The Morgan fingerprint density at radius 3 is 2.37 bits per heavy atom. The van der Waals surface area contributed by atoms with Crippen LogP contribution in [0.15, 0.2) is 89.6 Å². The Morgan fingerprint density at radius 1 is 0.933 bits per heavy atom. The summed E-state index contributed by atoms with van der Waals surface area (Å²) < 4.78 is 10.6. The number of hydrogen-bond donors (Lipinski definition) is 0. The van der Waals surface area contributed by atoms with E-state index in [2.05, 4.69) is 4.99 Å². The van der Waals surface area contributed by atoms with Gasteiger partial charge < -0.3 is 9.47 Å². The van der Waals surface area contributed by atoms with Crippen molar-refractivity contribution in [3.8, 4) is 16.9 Å². The molecule has 148 valence electrons. The Balaban J connectivity index is 1.56. The molecular weight excluding hydrogens is 378 g/mol. The Labute approximate surface area is 174 Å². The number of ether oxygens (including phenoxy) is 2. The molecule has 0 amide bonds. The van der Waals surface area contributed by atoms with Gasteiger partial charge in [-0.25, -0.2) is 9.79 Å². The minimum absolute atomic E-state index is 0.191. The predicted octanol–water partition coefficient (Wildman–Crippen LogP) is 5.01. The van der Waals surface area contributed by atoms with Crippen LogP contribution in [0.25, 0.3) is 17.2 Å². The molecule has 5 nitrogen and oxygen atoms in total. The molecule has 0 fully saturated rings. The van der Waals surface area contributed by atoms with Crippen molar-refractivity contribution in [2.45, 2.75) is 13.3 Å². The summed E-state index contributed by atoms with van der Waals surface area (Å²) in [5, 5.41) is 0. The topological polar surface area (TPSA) is 65.0 Å². The van der Waals surface area contributed by atoms with Gasteiger partial charge in [-0.05, 0) is 47.0 Å². The molecule has 4 rings (SSSR count). The second kappa shape index (κ2) is 8.57. The van der Waals surface area contributed by atoms with Gasteiger partial charge in [0.05, 0.1) is 0 Å². The zero-order valence-corrected chi connectivity index (χ0v) is 16.4. The monoisotopic (exact) mass is 397 g/mol. The maximum atomic E-state index is 12.3. The Hall–Kier alpha value is -3.99. The second-order valence-electron chi connectivity index (χ2n) is 6.68. The van der Waals surface area contributed by atoms with Crippen LogP contribution >= 0.6 is 0 Å². The van der Waals surface area contributed by atoms with Gasteiger partial charge in [0.2, 0.25) is 5.90 Å². The fraction of sp³-hybridized carbons (Fsp3) is 0.0800. The quantitative estimate of drug-likeness (QED) is 0.345. The van der Waals surface area contributed by atoms with Crippen LogP contribution in [0.2, 0.25) is 0 Å². The van der Waals surface area contributed by atoms with Gasteiger partial charge in [-0.15, -0.1) is 0 Å². The summed E-state index contributed by atoms with van der Waals surface area (Å²) in [5.74, 6) is -0.157. The van der Waals surface area contributed by atoms with Gasteiger partial charge in [0.1, 0.15) is 5.75 Å². The number of esters is 2. The van der Waals surface area contributed by atoms with Crippen LogP contribution in [-0.2, 0) is 14.3 Å². The zero-order valence-electron chi connectivity index (χ0n) is 16.4. The molecule has 3 aromatic carbocycles. The van der Waals surface area contributed by atoms with Crippen LogP contribution in [0.3, 0.4) is 0 Å². The number of benzene rings is 3. The van der Waals surface area contributed by atoms with E-state index in [0.29, 0.717) is 11.3 Å². The van der Waals surface area contributed by atoms with E-state index < -0.39 is 5.97 Å². The first-order chi connectivity index (χ1) is 14.6. The Kier molecular flexibility index (Phi) is 5.52. The lowest BCUT2D eigenvalue weighted by molar-refractivity contribution is -0.134. The fourth-order valence-corrected chi connectivity index (χ4v) is 3.00. The molecule has 0 bridgehead atoms. The second-order valence-corrected chi connectivity index (χ2v) is 6.68. The van der Waals surface area contributed by atoms with E-state index in [-0.39, 0.29) is 24.0 Å². The zero-order chi connectivity index (χ0) is 20.9. The van der Waals surface area contributed by atoms with Gasteiger partial charge in [0.15, 0.2) is 5.70 Å². The van der Waals surface area contributed by atoms with Gasteiger partial charge >= 0.3 is 11.9 Å². The summed E-state index contributed by atoms with van der Waals surface area (Å²) in [4.78, 5) is 28.1. The maximum Gasteiger partial charge on any atom is 0.363 e. The largest absolute Gasteiger partial charge is 0.427 e. The SMILES string of the molecule is CCC(=O)Oc1cccc(/C=C2\N=C(c3ccc(-c4ccccc4)cc3)OC2=O)c1. The first kappa shape index (κ1) is 19.3. The molecule has 30 heavy (non-hydrogen) atoms. The number of carbonyl (C=O) groups excluding carboxylic acids is 2. The van der Waals surface area contributed by atoms with Crippen molar-refractivity contribution in [1.29, 1.82) is 0 Å². The molecule has 3 aromatic rings. The van der Waals surface area contributed by atoms with Gasteiger partial charge in [0, 0.05) is 12.0 Å². The highest BCUT2D eigenvalue weighted by Gasteiger charge is 2.24. The van der Waals surface area contributed by atoms with Gasteiger partial charge in [-0.2, -0.15) is 0 Å². The standard InChI is InChI=1S/C25H19NO4/c1-2-23(27)29-21-10-6-7-17(15-21)16-22-25(28)30-24(26-22)20-13-11-19(12-14-20)18-8-4-3-5-9-18/h3-16H,2H2,1H3/b22-16-. The first-order valence-electron chi connectivity index (χ1n) is 9.61. The number of hydrogen-bond acceptors (Lipinski definition) is 5. The summed E-state index contributed by atoms with van der Waals surface area (Å²) in [6.07, 6.45) is 1.89. The summed E-state index contributed by atoms with van der Waals surface area (Å²) in [7, 11) is 0. The minimum atomic E-state index is -0.520. The third-order valence-corrected chi connectivity index (χ3v) is 4.54. The molecule has 5 heteroatoms. The number of carbonyl (C=O) groups is 2. The van der Waals surface area contributed by atoms with E-state index in [0.717, 1.165) is 16.7 Å². The third kappa shape index (κ3) is 4.36. The average Bonchev–Trinajstić information content (AvgIpc) is 3.15. The van der Waals surface area contributed by atoms with E-state index in [1.165, 1.54) is 0 Å². The lowest BCUT2D eigenvalue weighted by Crippen LogP contribution is -2.05. The van der Waals surface area contributed by atoms with Crippen molar-refractivity contribution in [2.75, 3.05) is 0 Å². The summed E-state index contributed by atoms with van der Waals surface area (Å²) in [5.41, 5.74) is 3.78. The fourth-order valence-electron chi connectivity index (χ4n) is 3.00. The average molecular weight is 397 g/mol. The van der Waals surface area contributed by atoms with Gasteiger partial charge in [-0.3, -0.25) is 4.79 Å². The van der Waals surface area contributed by atoms with Crippen molar-refractivity contribution >= 4 is 23.9 Å². The lowest BCUT2D eigenvalue weighted by atomic mass is 10.0. The van der Waals surface area contributed by atoms with E-state index in [4.69, 9.17) is 9.47 Å².